The van der Waals surface area contributed by atoms with Crippen molar-refractivity contribution in [1.29, 1.82) is 0 Å². The molecule has 0 aliphatic heterocycles. The van der Waals surface area contributed by atoms with Crippen LogP contribution in [0.4, 0.5) is 14.9 Å². The molecule has 1 unspecified atom stereocenters. The molecule has 0 aromatic heterocycles. The number of carboxylic acids is 1. The summed E-state index contributed by atoms with van der Waals surface area (Å²) in [6.07, 6.45) is 2.82. The van der Waals surface area contributed by atoms with Gasteiger partial charge in [0.25, 0.3) is 0 Å². The first-order chi connectivity index (χ1) is 9.43. The number of carbonyl (C=O) groups excluding carboxylic acids is 1. The van der Waals surface area contributed by atoms with Gasteiger partial charge in [-0.25, -0.2) is 14.0 Å². The van der Waals surface area contributed by atoms with Gasteiger partial charge in [0.2, 0.25) is 0 Å². The zero-order valence-corrected chi connectivity index (χ0v) is 12.1. The predicted octanol–water partition coefficient (Wildman–Crippen LogP) is 2.79. The van der Waals surface area contributed by atoms with E-state index in [1.165, 1.54) is 6.07 Å². The Bertz CT molecular complexity index is 497. The number of aromatic carboxylic acids is 1. The summed E-state index contributed by atoms with van der Waals surface area (Å²) in [7, 11) is 0. The summed E-state index contributed by atoms with van der Waals surface area (Å²) in [5.74, 6) is -1.28. The van der Waals surface area contributed by atoms with E-state index in [4.69, 9.17) is 5.11 Å². The molecule has 1 rings (SSSR count). The van der Waals surface area contributed by atoms with Crippen LogP contribution < -0.4 is 10.6 Å². The number of nitrogens with one attached hydrogen (secondary N) is 2. The van der Waals surface area contributed by atoms with Crippen LogP contribution in [0.1, 0.15) is 23.7 Å². The topological polar surface area (TPSA) is 78.4 Å². The van der Waals surface area contributed by atoms with E-state index in [2.05, 4.69) is 10.6 Å². The largest absolute Gasteiger partial charge is 0.478 e. The lowest BCUT2D eigenvalue weighted by molar-refractivity contribution is 0.0692. The molecule has 0 fully saturated rings. The molecule has 2 amide bonds. The number of thioether (sulfide) groups is 1. The molecule has 1 aromatic rings. The SMILES string of the molecule is CSCCC(C)NC(=O)Nc1ccc(F)c(C(=O)O)c1. The van der Waals surface area contributed by atoms with Crippen molar-refractivity contribution in [2.24, 2.45) is 0 Å². The van der Waals surface area contributed by atoms with Gasteiger partial charge in [-0.1, -0.05) is 0 Å². The second kappa shape index (κ2) is 7.74. The third kappa shape index (κ3) is 5.08. The molecule has 0 spiro atoms. The van der Waals surface area contributed by atoms with Gasteiger partial charge in [-0.2, -0.15) is 11.8 Å². The summed E-state index contributed by atoms with van der Waals surface area (Å²) in [5.41, 5.74) is -0.239. The quantitative estimate of drug-likeness (QED) is 0.755. The Morgan fingerprint density at radius 3 is 2.75 bits per heavy atom. The van der Waals surface area contributed by atoms with Crippen LogP contribution in [0.25, 0.3) is 0 Å². The van der Waals surface area contributed by atoms with Gasteiger partial charge in [0, 0.05) is 11.7 Å². The molecule has 110 valence electrons. The van der Waals surface area contributed by atoms with Gasteiger partial charge in [0.05, 0.1) is 5.56 Å². The van der Waals surface area contributed by atoms with Crippen LogP contribution in [0.3, 0.4) is 0 Å². The average Bonchev–Trinajstić information content (AvgIpc) is 2.38. The minimum Gasteiger partial charge on any atom is -0.478 e. The third-order valence-electron chi connectivity index (χ3n) is 2.59. The maximum atomic E-state index is 13.2. The summed E-state index contributed by atoms with van der Waals surface area (Å²) in [6, 6.07) is 2.97. The number of hydrogen-bond donors (Lipinski definition) is 3. The molecule has 0 bridgehead atoms. The van der Waals surface area contributed by atoms with Gasteiger partial charge >= 0.3 is 12.0 Å². The van der Waals surface area contributed by atoms with E-state index >= 15 is 0 Å². The molecule has 0 aliphatic rings. The number of urea groups is 1. The van der Waals surface area contributed by atoms with Crippen LogP contribution in [0.2, 0.25) is 0 Å². The van der Waals surface area contributed by atoms with Gasteiger partial charge in [0.1, 0.15) is 5.82 Å². The lowest BCUT2D eigenvalue weighted by Crippen LogP contribution is -2.36. The first kappa shape index (κ1) is 16.3. The molecule has 1 aromatic carbocycles. The number of halogens is 1. The van der Waals surface area contributed by atoms with Crippen LogP contribution in [0, 0.1) is 5.82 Å². The van der Waals surface area contributed by atoms with Gasteiger partial charge < -0.3 is 15.7 Å². The van der Waals surface area contributed by atoms with Crippen molar-refractivity contribution in [1.82, 2.24) is 5.32 Å². The van der Waals surface area contributed by atoms with E-state index in [0.29, 0.717) is 0 Å². The maximum absolute atomic E-state index is 13.2. The van der Waals surface area contributed by atoms with Gasteiger partial charge in [0.15, 0.2) is 0 Å². The summed E-state index contributed by atoms with van der Waals surface area (Å²) >= 11 is 1.69. The number of rotatable bonds is 6. The number of hydrogen-bond acceptors (Lipinski definition) is 3. The Balaban J connectivity index is 2.62. The second-order valence-electron chi connectivity index (χ2n) is 4.28. The van der Waals surface area contributed by atoms with Crippen molar-refractivity contribution in [3.8, 4) is 0 Å². The maximum Gasteiger partial charge on any atom is 0.338 e. The highest BCUT2D eigenvalue weighted by Gasteiger charge is 2.12. The number of benzene rings is 1. The normalized spacial score (nSPS) is 11.8. The van der Waals surface area contributed by atoms with Crippen molar-refractivity contribution in [2.45, 2.75) is 19.4 Å². The fourth-order valence-electron chi connectivity index (χ4n) is 1.52. The smallest absolute Gasteiger partial charge is 0.338 e. The van der Waals surface area contributed by atoms with E-state index in [0.717, 1.165) is 24.3 Å². The van der Waals surface area contributed by atoms with Crippen LogP contribution in [-0.2, 0) is 0 Å². The van der Waals surface area contributed by atoms with Crippen molar-refractivity contribution < 1.29 is 19.1 Å². The number of anilines is 1. The summed E-state index contributed by atoms with van der Waals surface area (Å²) < 4.78 is 13.2. The van der Waals surface area contributed by atoms with Gasteiger partial charge in [-0.15, -0.1) is 0 Å². The van der Waals surface area contributed by atoms with Gasteiger partial charge in [-0.05, 0) is 43.6 Å². The molecule has 0 radical (unpaired) electrons. The minimum absolute atomic E-state index is 0.00171. The second-order valence-corrected chi connectivity index (χ2v) is 5.27. The Kier molecular flexibility index (Phi) is 6.30. The summed E-state index contributed by atoms with van der Waals surface area (Å²) in [4.78, 5) is 22.5. The minimum atomic E-state index is -1.38. The first-order valence-electron chi connectivity index (χ1n) is 6.03. The lowest BCUT2D eigenvalue weighted by Gasteiger charge is -2.14. The predicted molar refractivity (Wildman–Crippen MR) is 78.0 cm³/mol. The van der Waals surface area contributed by atoms with Crippen LogP contribution in [0.15, 0.2) is 18.2 Å². The number of carbonyl (C=O) groups is 2. The summed E-state index contributed by atoms with van der Waals surface area (Å²) in [6.45, 7) is 1.88. The van der Waals surface area contributed by atoms with Crippen molar-refractivity contribution in [2.75, 3.05) is 17.3 Å². The highest BCUT2D eigenvalue weighted by molar-refractivity contribution is 7.98. The van der Waals surface area contributed by atoms with E-state index in [1.54, 1.807) is 11.8 Å². The van der Waals surface area contributed by atoms with Crippen LogP contribution in [0.5, 0.6) is 0 Å². The molecular weight excluding hydrogens is 283 g/mol. The monoisotopic (exact) mass is 300 g/mol. The fourth-order valence-corrected chi connectivity index (χ4v) is 2.11. The van der Waals surface area contributed by atoms with Crippen LogP contribution >= 0.6 is 11.8 Å². The first-order valence-corrected chi connectivity index (χ1v) is 7.42. The van der Waals surface area contributed by atoms with E-state index in [1.807, 2.05) is 13.2 Å². The molecule has 0 saturated heterocycles. The molecule has 0 aliphatic carbocycles. The van der Waals surface area contributed by atoms with E-state index in [9.17, 15) is 14.0 Å². The fraction of sp³-hybridized carbons (Fsp3) is 0.385. The highest BCUT2D eigenvalue weighted by atomic mass is 32.2. The molecular formula is C13H17FN2O3S. The average molecular weight is 300 g/mol. The molecule has 0 saturated carbocycles. The summed E-state index contributed by atoms with van der Waals surface area (Å²) in [5, 5.41) is 14.0. The Hall–Kier alpha value is -1.76. The van der Waals surface area contributed by atoms with Crippen molar-refractivity contribution in [3.63, 3.8) is 0 Å². The van der Waals surface area contributed by atoms with E-state index < -0.39 is 23.4 Å². The standard InChI is InChI=1S/C13H17FN2O3S/c1-8(5-6-20-2)15-13(19)16-9-3-4-11(14)10(7-9)12(17)18/h3-4,7-8H,5-6H2,1-2H3,(H,17,18)(H2,15,16,19). The Morgan fingerprint density at radius 2 is 2.15 bits per heavy atom. The molecule has 0 heterocycles. The zero-order valence-electron chi connectivity index (χ0n) is 11.3. The number of amides is 2. The highest BCUT2D eigenvalue weighted by Crippen LogP contribution is 2.14. The Labute approximate surface area is 120 Å². The van der Waals surface area contributed by atoms with Crippen molar-refractivity contribution >= 4 is 29.4 Å². The lowest BCUT2D eigenvalue weighted by atomic mass is 10.2. The zero-order chi connectivity index (χ0) is 15.1. The molecule has 3 N–H and O–H groups in total. The molecule has 20 heavy (non-hydrogen) atoms. The van der Waals surface area contributed by atoms with E-state index in [-0.39, 0.29) is 11.7 Å². The Morgan fingerprint density at radius 1 is 1.45 bits per heavy atom. The molecule has 1 atom stereocenters. The molecule has 5 nitrogen and oxygen atoms in total. The number of carboxylic acid groups (broad SMARTS) is 1. The van der Waals surface area contributed by atoms with Crippen molar-refractivity contribution in [3.05, 3.63) is 29.6 Å². The van der Waals surface area contributed by atoms with Crippen LogP contribution in [-0.4, -0.2) is 35.2 Å². The third-order valence-corrected chi connectivity index (χ3v) is 3.23. The van der Waals surface area contributed by atoms with Gasteiger partial charge in [-0.3, -0.25) is 0 Å². The molecule has 7 heteroatoms.